The van der Waals surface area contributed by atoms with Gasteiger partial charge in [-0.1, -0.05) is 24.3 Å². The summed E-state index contributed by atoms with van der Waals surface area (Å²) < 4.78 is 20.1. The Labute approximate surface area is 211 Å². The molecule has 9 unspecified atom stereocenters. The zero-order valence-corrected chi connectivity index (χ0v) is 21.2. The molecule has 0 amide bonds. The molecule has 0 aromatic heterocycles. The van der Waals surface area contributed by atoms with Crippen LogP contribution in [0.3, 0.4) is 0 Å². The normalized spacial score (nSPS) is 38.0. The summed E-state index contributed by atoms with van der Waals surface area (Å²) in [5.41, 5.74) is 2.31. The molecule has 0 aliphatic heterocycles. The molecule has 4 aliphatic rings. The van der Waals surface area contributed by atoms with Crippen molar-refractivity contribution >= 4 is 23.9 Å². The van der Waals surface area contributed by atoms with Crippen LogP contribution in [-0.2, 0) is 38.1 Å². The molecule has 0 N–H and O–H groups in total. The molecule has 0 saturated heterocycles. The first-order valence-electron chi connectivity index (χ1n) is 12.8. The predicted octanol–water partition coefficient (Wildman–Crippen LogP) is 3.09. The van der Waals surface area contributed by atoms with Crippen molar-refractivity contribution in [2.75, 3.05) is 28.4 Å². The number of fused-ring (bicyclic) bond motifs is 4. The van der Waals surface area contributed by atoms with Gasteiger partial charge < -0.3 is 18.9 Å². The van der Waals surface area contributed by atoms with Gasteiger partial charge in [0.25, 0.3) is 0 Å². The van der Waals surface area contributed by atoms with E-state index >= 15 is 0 Å². The summed E-state index contributed by atoms with van der Waals surface area (Å²) in [4.78, 5) is 50.1. The van der Waals surface area contributed by atoms with Crippen molar-refractivity contribution in [1.29, 1.82) is 0 Å². The van der Waals surface area contributed by atoms with Crippen LogP contribution in [0.15, 0.2) is 24.3 Å². The molecule has 8 nitrogen and oxygen atoms in total. The summed E-state index contributed by atoms with van der Waals surface area (Å²) in [6.45, 7) is 0. The Hall–Kier alpha value is -2.90. The van der Waals surface area contributed by atoms with Gasteiger partial charge in [-0.25, -0.2) is 0 Å². The number of benzene rings is 1. The molecule has 4 fully saturated rings. The second kappa shape index (κ2) is 9.52. The highest BCUT2D eigenvalue weighted by Crippen LogP contribution is 2.61. The van der Waals surface area contributed by atoms with Crippen LogP contribution < -0.4 is 0 Å². The molecular weight excluding hydrogens is 464 g/mol. The van der Waals surface area contributed by atoms with E-state index in [9.17, 15) is 19.2 Å². The molecule has 0 spiro atoms. The largest absolute Gasteiger partial charge is 0.469 e. The highest BCUT2D eigenvalue weighted by atomic mass is 16.5. The lowest BCUT2D eigenvalue weighted by molar-refractivity contribution is -0.160. The molecule has 5 rings (SSSR count). The van der Waals surface area contributed by atoms with Gasteiger partial charge in [0.2, 0.25) is 0 Å². The van der Waals surface area contributed by atoms with E-state index in [1.54, 1.807) is 0 Å². The molecule has 0 radical (unpaired) electrons. The quantitative estimate of drug-likeness (QED) is 0.435. The van der Waals surface area contributed by atoms with Crippen LogP contribution >= 0.6 is 0 Å². The fourth-order valence-corrected chi connectivity index (χ4v) is 8.34. The summed E-state index contributed by atoms with van der Waals surface area (Å²) in [5.74, 6) is -2.48. The lowest BCUT2D eigenvalue weighted by Crippen LogP contribution is -2.39. The van der Waals surface area contributed by atoms with Crippen LogP contribution in [0.5, 0.6) is 0 Å². The molecule has 4 bridgehead atoms. The van der Waals surface area contributed by atoms with Crippen LogP contribution in [0.1, 0.15) is 48.6 Å². The Kier molecular flexibility index (Phi) is 6.55. The molecular formula is C28H34O8. The SMILES string of the molecule is COC(=O)C1C2CC(c3ccc(C4CC5CC4[C@@H](C(=O)OC)C5C(=O)OC)cc3)C(C2)C1C(=O)OC. The smallest absolute Gasteiger partial charge is 0.309 e. The van der Waals surface area contributed by atoms with Gasteiger partial charge >= 0.3 is 23.9 Å². The third kappa shape index (κ3) is 3.71. The van der Waals surface area contributed by atoms with Gasteiger partial charge in [0.15, 0.2) is 0 Å². The van der Waals surface area contributed by atoms with Crippen LogP contribution in [0, 0.1) is 47.3 Å². The van der Waals surface area contributed by atoms with Crippen molar-refractivity contribution in [3.8, 4) is 0 Å². The van der Waals surface area contributed by atoms with Crippen molar-refractivity contribution < 1.29 is 38.1 Å². The molecule has 194 valence electrons. The number of rotatable bonds is 6. The van der Waals surface area contributed by atoms with E-state index in [4.69, 9.17) is 18.9 Å². The summed E-state index contributed by atoms with van der Waals surface area (Å²) in [6, 6.07) is 8.50. The third-order valence-electron chi connectivity index (χ3n) is 9.70. The Morgan fingerprint density at radius 2 is 0.833 bits per heavy atom. The standard InChI is InChI=1S/C28H34O8/c1-33-25(29)21-15-9-17(19(11-15)23(21)27(31)35-3)13-5-7-14(8-6-13)18-10-16-12-20(18)24(28(32)36-4)22(16)26(30)34-2/h5-8,15-24H,9-12H2,1-4H3/t15?,16?,17?,18?,19?,20?,21?,22?,23-,24?/m1/s1. The third-order valence-corrected chi connectivity index (χ3v) is 9.70. The molecule has 0 heterocycles. The van der Waals surface area contributed by atoms with Crippen LogP contribution in [0.25, 0.3) is 0 Å². The van der Waals surface area contributed by atoms with Gasteiger partial charge in [-0.2, -0.15) is 0 Å². The Balaban J connectivity index is 1.35. The van der Waals surface area contributed by atoms with Crippen LogP contribution in [0.2, 0.25) is 0 Å². The second-order valence-corrected chi connectivity index (χ2v) is 10.9. The van der Waals surface area contributed by atoms with E-state index in [1.807, 2.05) is 0 Å². The van der Waals surface area contributed by atoms with Gasteiger partial charge in [0, 0.05) is 0 Å². The Morgan fingerprint density at radius 1 is 0.528 bits per heavy atom. The van der Waals surface area contributed by atoms with Gasteiger partial charge in [-0.3, -0.25) is 19.2 Å². The van der Waals surface area contributed by atoms with Crippen molar-refractivity contribution in [3.05, 3.63) is 35.4 Å². The molecule has 8 heteroatoms. The summed E-state index contributed by atoms with van der Waals surface area (Å²) >= 11 is 0. The molecule has 1 aromatic rings. The Bertz CT molecular complexity index is 965. The number of ether oxygens (including phenoxy) is 4. The maximum Gasteiger partial charge on any atom is 0.309 e. The average Bonchev–Trinajstić information content (AvgIpc) is 3.69. The van der Waals surface area contributed by atoms with Crippen LogP contribution in [0.4, 0.5) is 0 Å². The van der Waals surface area contributed by atoms with Crippen molar-refractivity contribution in [2.45, 2.75) is 37.5 Å². The van der Waals surface area contributed by atoms with E-state index in [0.29, 0.717) is 0 Å². The highest BCUT2D eigenvalue weighted by molar-refractivity contribution is 5.84. The molecule has 10 atom stereocenters. The van der Waals surface area contributed by atoms with Crippen molar-refractivity contribution in [3.63, 3.8) is 0 Å². The summed E-state index contributed by atoms with van der Waals surface area (Å²) in [6.07, 6.45) is 3.31. The molecule has 1 aromatic carbocycles. The summed E-state index contributed by atoms with van der Waals surface area (Å²) in [5, 5.41) is 0. The molecule has 4 aliphatic carbocycles. The number of carbonyl (C=O) groups excluding carboxylic acids is 4. The number of hydrogen-bond donors (Lipinski definition) is 0. The fraction of sp³-hybridized carbons (Fsp3) is 0.643. The van der Waals surface area contributed by atoms with Crippen LogP contribution in [-0.4, -0.2) is 52.3 Å². The average molecular weight is 499 g/mol. The van der Waals surface area contributed by atoms with E-state index < -0.39 is 23.7 Å². The van der Waals surface area contributed by atoms with Gasteiger partial charge in [0.1, 0.15) is 0 Å². The number of hydrogen-bond acceptors (Lipinski definition) is 8. The van der Waals surface area contributed by atoms with E-state index in [0.717, 1.165) is 36.8 Å². The predicted molar refractivity (Wildman–Crippen MR) is 126 cm³/mol. The first-order chi connectivity index (χ1) is 17.3. The first-order valence-corrected chi connectivity index (χ1v) is 12.8. The summed E-state index contributed by atoms with van der Waals surface area (Å²) in [7, 11) is 5.47. The van der Waals surface area contributed by atoms with E-state index in [-0.39, 0.29) is 59.4 Å². The first kappa shape index (κ1) is 24.8. The second-order valence-electron chi connectivity index (χ2n) is 10.9. The maximum atomic E-state index is 12.6. The van der Waals surface area contributed by atoms with E-state index in [2.05, 4.69) is 24.3 Å². The zero-order chi connectivity index (χ0) is 25.7. The lowest BCUT2D eigenvalue weighted by Gasteiger charge is -2.34. The highest BCUT2D eigenvalue weighted by Gasteiger charge is 2.60. The Morgan fingerprint density at radius 3 is 1.14 bits per heavy atom. The van der Waals surface area contributed by atoms with Gasteiger partial charge in [-0.05, 0) is 72.3 Å². The van der Waals surface area contributed by atoms with Gasteiger partial charge in [0.05, 0.1) is 52.1 Å². The zero-order valence-electron chi connectivity index (χ0n) is 21.2. The number of methoxy groups -OCH3 is 4. The monoisotopic (exact) mass is 498 g/mol. The minimum atomic E-state index is -0.479. The minimum Gasteiger partial charge on any atom is -0.469 e. The van der Waals surface area contributed by atoms with Crippen molar-refractivity contribution in [2.24, 2.45) is 47.3 Å². The fourth-order valence-electron chi connectivity index (χ4n) is 8.34. The lowest BCUT2D eigenvalue weighted by atomic mass is 9.70. The molecule has 36 heavy (non-hydrogen) atoms. The van der Waals surface area contributed by atoms with E-state index in [1.165, 1.54) is 28.4 Å². The van der Waals surface area contributed by atoms with Crippen molar-refractivity contribution in [1.82, 2.24) is 0 Å². The number of esters is 4. The van der Waals surface area contributed by atoms with Gasteiger partial charge in [-0.15, -0.1) is 0 Å². The molecule has 4 saturated carbocycles. The minimum absolute atomic E-state index is 0.0458. The topological polar surface area (TPSA) is 105 Å². The number of carbonyl (C=O) groups is 4. The maximum absolute atomic E-state index is 12.6.